The predicted octanol–water partition coefficient (Wildman–Crippen LogP) is 4.92. The van der Waals surface area contributed by atoms with Gasteiger partial charge in [0, 0.05) is 72.1 Å². The van der Waals surface area contributed by atoms with Crippen LogP contribution < -0.4 is 4.90 Å². The smallest absolute Gasteiger partial charge is 0.195 e. The van der Waals surface area contributed by atoms with Gasteiger partial charge in [-0.2, -0.15) is 5.26 Å². The number of unbranched alkanes of at least 4 members (excludes halogenated alkanes) is 2. The van der Waals surface area contributed by atoms with Crippen LogP contribution in [-0.2, 0) is 16.6 Å². The minimum absolute atomic E-state index is 0.0643. The van der Waals surface area contributed by atoms with Crippen LogP contribution in [-0.4, -0.2) is 72.8 Å². The number of hydrogen-bond donors (Lipinski definition) is 2. The molecule has 0 atom stereocenters. The molecule has 2 saturated heterocycles. The van der Waals surface area contributed by atoms with Gasteiger partial charge in [-0.1, -0.05) is 26.3 Å². The second-order valence-electron chi connectivity index (χ2n) is 12.1. The number of nitriles is 1. The van der Waals surface area contributed by atoms with Gasteiger partial charge >= 0.3 is 0 Å². The van der Waals surface area contributed by atoms with Gasteiger partial charge in [-0.25, -0.2) is 0 Å². The Morgan fingerprint density at radius 3 is 2.58 bits per heavy atom. The molecule has 2 fully saturated rings. The number of nitrogens with zero attached hydrogens (tertiary/aromatic N) is 3. The van der Waals surface area contributed by atoms with E-state index in [1.807, 2.05) is 12.1 Å². The average Bonchev–Trinajstić information content (AvgIpc) is 3.39. The summed E-state index contributed by atoms with van der Waals surface area (Å²) in [7, 11) is 0. The van der Waals surface area contributed by atoms with E-state index in [1.54, 1.807) is 6.07 Å². The largest absolute Gasteiger partial charge is 0.396 e. The van der Waals surface area contributed by atoms with Crippen molar-refractivity contribution in [2.75, 3.05) is 50.9 Å². The van der Waals surface area contributed by atoms with Gasteiger partial charge in [0.2, 0.25) is 0 Å². The Kier molecular flexibility index (Phi) is 7.43. The fourth-order valence-corrected chi connectivity index (χ4v) is 7.09. The topological polar surface area (TPSA) is 92.6 Å². The second-order valence-corrected chi connectivity index (χ2v) is 12.1. The number of H-pyrrole nitrogens is 1. The zero-order valence-corrected chi connectivity index (χ0v) is 23.8. The number of hydrogen-bond acceptors (Lipinski definition) is 6. The Morgan fingerprint density at radius 1 is 1.07 bits per heavy atom. The lowest BCUT2D eigenvalue weighted by molar-refractivity contribution is 0.0115. The van der Waals surface area contributed by atoms with E-state index in [0.29, 0.717) is 11.6 Å². The highest BCUT2D eigenvalue weighted by Gasteiger charge is 2.41. The SMILES string of the molecule is CC1(C)c2cc(N3CCC(N4CCOCC4)CC3)c(CCCCCO)cc2C(=O)c2c1[nH]c1cc(C#N)ccc21. The molecule has 40 heavy (non-hydrogen) atoms. The molecular formula is C33H40N4O3. The van der Waals surface area contributed by atoms with Crippen LogP contribution in [0.4, 0.5) is 5.69 Å². The van der Waals surface area contributed by atoms with E-state index in [9.17, 15) is 15.2 Å². The summed E-state index contributed by atoms with van der Waals surface area (Å²) in [4.78, 5) is 22.8. The Bertz CT molecular complexity index is 1450. The summed E-state index contributed by atoms with van der Waals surface area (Å²) in [5.41, 5.74) is 7.07. The summed E-state index contributed by atoms with van der Waals surface area (Å²) in [5.74, 6) is 0.0643. The number of aliphatic hydroxyl groups excluding tert-OH is 1. The number of fused-ring (bicyclic) bond motifs is 4. The van der Waals surface area contributed by atoms with Gasteiger partial charge in [-0.15, -0.1) is 0 Å². The molecule has 6 rings (SSSR count). The summed E-state index contributed by atoms with van der Waals surface area (Å²) in [5, 5.41) is 19.6. The molecule has 2 aromatic carbocycles. The Labute approximate surface area is 236 Å². The highest BCUT2D eigenvalue weighted by atomic mass is 16.5. The van der Waals surface area contributed by atoms with Gasteiger partial charge in [-0.05, 0) is 67.5 Å². The van der Waals surface area contributed by atoms with Crippen molar-refractivity contribution in [3.05, 3.63) is 63.8 Å². The highest BCUT2D eigenvalue weighted by Crippen LogP contribution is 2.46. The first kappa shape index (κ1) is 27.0. The van der Waals surface area contributed by atoms with Gasteiger partial charge in [0.25, 0.3) is 0 Å². The Morgan fingerprint density at radius 2 is 1.85 bits per heavy atom. The third-order valence-electron chi connectivity index (χ3n) is 9.39. The van der Waals surface area contributed by atoms with Gasteiger partial charge in [0.1, 0.15) is 0 Å². The number of ketones is 1. The van der Waals surface area contributed by atoms with Crippen LogP contribution in [0.5, 0.6) is 0 Å². The summed E-state index contributed by atoms with van der Waals surface area (Å²) >= 11 is 0. The summed E-state index contributed by atoms with van der Waals surface area (Å²) in [6.07, 6.45) is 5.93. The van der Waals surface area contributed by atoms with Crippen molar-refractivity contribution in [3.63, 3.8) is 0 Å². The molecule has 7 heteroatoms. The maximum atomic E-state index is 14.1. The minimum atomic E-state index is -0.388. The van der Waals surface area contributed by atoms with Crippen molar-refractivity contribution < 1.29 is 14.6 Å². The van der Waals surface area contributed by atoms with Crippen LogP contribution in [0.1, 0.15) is 84.3 Å². The molecule has 1 aromatic heterocycles. The van der Waals surface area contributed by atoms with E-state index < -0.39 is 0 Å². The Balaban J connectivity index is 1.37. The number of aliphatic hydroxyl groups is 1. The van der Waals surface area contributed by atoms with Crippen LogP contribution in [0.25, 0.3) is 10.9 Å². The van der Waals surface area contributed by atoms with Crippen molar-refractivity contribution in [2.45, 2.75) is 63.8 Å². The number of benzene rings is 2. The maximum absolute atomic E-state index is 14.1. The van der Waals surface area contributed by atoms with Crippen LogP contribution in [0.15, 0.2) is 30.3 Å². The predicted molar refractivity (Wildman–Crippen MR) is 157 cm³/mol. The summed E-state index contributed by atoms with van der Waals surface area (Å²) in [6.45, 7) is 10.4. The van der Waals surface area contributed by atoms with Crippen LogP contribution in [0.3, 0.4) is 0 Å². The third kappa shape index (κ3) is 4.72. The number of nitrogens with one attached hydrogen (secondary N) is 1. The first-order chi connectivity index (χ1) is 19.4. The first-order valence-corrected chi connectivity index (χ1v) is 14.9. The number of morpholine rings is 1. The molecule has 210 valence electrons. The number of aromatic nitrogens is 1. The fourth-order valence-electron chi connectivity index (χ4n) is 7.09. The third-order valence-corrected chi connectivity index (χ3v) is 9.39. The van der Waals surface area contributed by atoms with E-state index >= 15 is 0 Å². The normalized spacial score (nSPS) is 19.4. The summed E-state index contributed by atoms with van der Waals surface area (Å²) in [6, 6.07) is 12.8. The molecule has 2 N–H and O–H groups in total. The molecule has 3 aliphatic rings. The molecule has 3 heterocycles. The molecule has 0 spiro atoms. The van der Waals surface area contributed by atoms with Crippen LogP contribution in [0.2, 0.25) is 0 Å². The average molecular weight is 541 g/mol. The lowest BCUT2D eigenvalue weighted by atomic mass is 9.70. The van der Waals surface area contributed by atoms with Crippen molar-refractivity contribution in [1.82, 2.24) is 9.88 Å². The molecule has 0 amide bonds. The highest BCUT2D eigenvalue weighted by molar-refractivity contribution is 6.20. The molecular weight excluding hydrogens is 500 g/mol. The van der Waals surface area contributed by atoms with Gasteiger partial charge in [0.05, 0.1) is 30.4 Å². The van der Waals surface area contributed by atoms with Crippen LogP contribution >= 0.6 is 0 Å². The van der Waals surface area contributed by atoms with Crippen LogP contribution in [0, 0.1) is 11.3 Å². The molecule has 1 aliphatic carbocycles. The number of carbonyl (C=O) groups is 1. The molecule has 0 radical (unpaired) electrons. The zero-order valence-electron chi connectivity index (χ0n) is 23.8. The molecule has 2 aliphatic heterocycles. The lowest BCUT2D eigenvalue weighted by Crippen LogP contribution is -2.49. The summed E-state index contributed by atoms with van der Waals surface area (Å²) < 4.78 is 5.58. The van der Waals surface area contributed by atoms with E-state index in [2.05, 4.69) is 46.8 Å². The van der Waals surface area contributed by atoms with Gasteiger partial charge < -0.3 is 19.7 Å². The standard InChI is InChI=1S/C33H40N4O3/c1-33(2)27-20-29(37-11-9-24(10-12-37)36-13-16-40-17-14-36)23(6-4-3-5-15-38)19-26(27)31(39)30-25-8-7-22(21-34)18-28(25)35-32(30)33/h7-8,18-20,24,35,38H,3-6,9-17H2,1-2H3. The van der Waals surface area contributed by atoms with Gasteiger partial charge in [-0.3, -0.25) is 9.69 Å². The van der Waals surface area contributed by atoms with Crippen molar-refractivity contribution in [2.24, 2.45) is 0 Å². The molecule has 3 aromatic rings. The quantitative estimate of drug-likeness (QED) is 0.414. The second kappa shape index (κ2) is 11.0. The number of aryl methyl sites for hydroxylation is 1. The lowest BCUT2D eigenvalue weighted by Gasteiger charge is -2.42. The van der Waals surface area contributed by atoms with Crippen molar-refractivity contribution in [1.29, 1.82) is 5.26 Å². The molecule has 0 unspecified atom stereocenters. The number of aromatic amines is 1. The minimum Gasteiger partial charge on any atom is -0.396 e. The fraction of sp³-hybridized carbons (Fsp3) is 0.515. The number of anilines is 1. The molecule has 0 saturated carbocycles. The van der Waals surface area contributed by atoms with E-state index in [4.69, 9.17) is 4.74 Å². The number of piperidine rings is 1. The maximum Gasteiger partial charge on any atom is 0.195 e. The monoisotopic (exact) mass is 540 g/mol. The van der Waals surface area contributed by atoms with Crippen molar-refractivity contribution in [3.8, 4) is 6.07 Å². The van der Waals surface area contributed by atoms with E-state index in [-0.39, 0.29) is 17.8 Å². The first-order valence-electron chi connectivity index (χ1n) is 14.9. The van der Waals surface area contributed by atoms with E-state index in [1.165, 1.54) is 11.3 Å². The molecule has 0 bridgehead atoms. The number of ether oxygens (including phenoxy) is 1. The molecule has 7 nitrogen and oxygen atoms in total. The van der Waals surface area contributed by atoms with E-state index in [0.717, 1.165) is 111 Å². The van der Waals surface area contributed by atoms with Gasteiger partial charge in [0.15, 0.2) is 5.78 Å². The zero-order chi connectivity index (χ0) is 27.9. The van der Waals surface area contributed by atoms with Crippen molar-refractivity contribution >= 4 is 22.4 Å². The number of rotatable bonds is 7. The Hall–Kier alpha value is -3.18. The number of carbonyl (C=O) groups excluding carboxylic acids is 1.